The third kappa shape index (κ3) is 2.20. The van der Waals surface area contributed by atoms with Crippen LogP contribution in [0.1, 0.15) is 55.9 Å². The van der Waals surface area contributed by atoms with Crippen molar-refractivity contribution in [2.24, 2.45) is 0 Å². The number of rotatable bonds is 2. The van der Waals surface area contributed by atoms with E-state index in [2.05, 4.69) is 75.4 Å². The van der Waals surface area contributed by atoms with Gasteiger partial charge in [-0.05, 0) is 64.3 Å². The Hall–Kier alpha value is -2.08. The van der Waals surface area contributed by atoms with Crippen LogP contribution >= 0.6 is 0 Å². The summed E-state index contributed by atoms with van der Waals surface area (Å²) >= 11 is 0. The Bertz CT molecular complexity index is 831. The number of fused-ring (bicyclic) bond motifs is 3. The van der Waals surface area contributed by atoms with E-state index in [-0.39, 0.29) is 5.41 Å². The van der Waals surface area contributed by atoms with E-state index >= 15 is 0 Å². The predicted octanol–water partition coefficient (Wildman–Crippen LogP) is 6.29. The Kier molecular flexibility index (Phi) is 3.30. The Morgan fingerprint density at radius 2 is 1.78 bits per heavy atom. The van der Waals surface area contributed by atoms with Crippen molar-refractivity contribution in [3.05, 3.63) is 76.9 Å². The Morgan fingerprint density at radius 3 is 2.52 bits per heavy atom. The third-order valence-corrected chi connectivity index (χ3v) is 5.48. The maximum Gasteiger partial charge on any atom is 0.0158 e. The van der Waals surface area contributed by atoms with E-state index in [1.54, 1.807) is 0 Å². The lowest BCUT2D eigenvalue weighted by atomic mass is 9.81. The minimum Gasteiger partial charge on any atom is -0.0836 e. The second-order valence-electron chi connectivity index (χ2n) is 7.26. The highest BCUT2D eigenvalue weighted by Crippen LogP contribution is 2.49. The molecule has 0 unspecified atom stereocenters. The van der Waals surface area contributed by atoms with Gasteiger partial charge in [-0.25, -0.2) is 0 Å². The third-order valence-electron chi connectivity index (χ3n) is 5.48. The van der Waals surface area contributed by atoms with Gasteiger partial charge in [-0.15, -0.1) is 0 Å². The molecule has 0 saturated carbocycles. The molecule has 0 bridgehead atoms. The summed E-state index contributed by atoms with van der Waals surface area (Å²) < 4.78 is 0. The molecule has 116 valence electrons. The van der Waals surface area contributed by atoms with Gasteiger partial charge in [0.15, 0.2) is 0 Å². The summed E-state index contributed by atoms with van der Waals surface area (Å²) in [7, 11) is 0. The van der Waals surface area contributed by atoms with E-state index in [1.807, 2.05) is 0 Å². The van der Waals surface area contributed by atoms with Gasteiger partial charge in [0, 0.05) is 5.41 Å². The van der Waals surface area contributed by atoms with Crippen molar-refractivity contribution in [1.82, 2.24) is 0 Å². The highest BCUT2D eigenvalue weighted by Gasteiger charge is 2.35. The fourth-order valence-corrected chi connectivity index (χ4v) is 4.03. The van der Waals surface area contributed by atoms with Crippen LogP contribution < -0.4 is 0 Å². The monoisotopic (exact) mass is 300 g/mol. The Labute approximate surface area is 139 Å². The first-order valence-electron chi connectivity index (χ1n) is 8.76. The lowest BCUT2D eigenvalue weighted by Gasteiger charge is -2.22. The first-order chi connectivity index (χ1) is 11.1. The lowest BCUT2D eigenvalue weighted by Crippen LogP contribution is -2.15. The van der Waals surface area contributed by atoms with Gasteiger partial charge in [0.05, 0.1) is 0 Å². The van der Waals surface area contributed by atoms with Crippen molar-refractivity contribution in [3.63, 3.8) is 0 Å². The maximum atomic E-state index is 2.41. The Morgan fingerprint density at radius 1 is 0.913 bits per heavy atom. The second kappa shape index (κ2) is 5.23. The molecule has 2 aromatic carbocycles. The molecule has 0 heterocycles. The molecule has 0 aliphatic heterocycles. The average Bonchev–Trinajstić information content (AvgIpc) is 2.82. The summed E-state index contributed by atoms with van der Waals surface area (Å²) in [5.74, 6) is 0. The summed E-state index contributed by atoms with van der Waals surface area (Å²) in [4.78, 5) is 0. The molecule has 0 amide bonds. The standard InChI is InChI=1S/C23H24/c1-4-16-10-12-19-20-15-18(17-8-6-5-7-9-17)11-13-21(20)23(2,3)22(19)14-16/h6,8-15H,4-5,7H2,1-3H3. The van der Waals surface area contributed by atoms with Gasteiger partial charge in [0.25, 0.3) is 0 Å². The molecule has 0 saturated heterocycles. The number of hydrogen-bond donors (Lipinski definition) is 0. The van der Waals surface area contributed by atoms with Gasteiger partial charge in [-0.2, -0.15) is 0 Å². The minimum atomic E-state index is 0.102. The largest absolute Gasteiger partial charge is 0.0836 e. The van der Waals surface area contributed by atoms with Gasteiger partial charge in [0.1, 0.15) is 0 Å². The van der Waals surface area contributed by atoms with Crippen LogP contribution in [0.25, 0.3) is 16.7 Å². The molecular formula is C23H24. The SMILES string of the molecule is CCc1ccc2c(c1)C(C)(C)c1ccc(C3=CCCC=C3)cc1-2. The van der Waals surface area contributed by atoms with Gasteiger partial charge in [-0.3, -0.25) is 0 Å². The van der Waals surface area contributed by atoms with Crippen LogP contribution in [0, 0.1) is 0 Å². The van der Waals surface area contributed by atoms with E-state index in [9.17, 15) is 0 Å². The molecule has 2 aromatic rings. The van der Waals surface area contributed by atoms with Crippen LogP contribution in [0.5, 0.6) is 0 Å². The first-order valence-corrected chi connectivity index (χ1v) is 8.76. The molecule has 0 radical (unpaired) electrons. The fourth-order valence-electron chi connectivity index (χ4n) is 4.03. The Balaban J connectivity index is 1.89. The van der Waals surface area contributed by atoms with Gasteiger partial charge >= 0.3 is 0 Å². The molecule has 23 heavy (non-hydrogen) atoms. The topological polar surface area (TPSA) is 0 Å². The smallest absolute Gasteiger partial charge is 0.0158 e. The van der Waals surface area contributed by atoms with E-state index in [1.165, 1.54) is 45.4 Å². The molecule has 0 N–H and O–H groups in total. The van der Waals surface area contributed by atoms with Crippen LogP contribution in [-0.2, 0) is 11.8 Å². The second-order valence-corrected chi connectivity index (χ2v) is 7.26. The molecule has 0 spiro atoms. The molecule has 2 aliphatic rings. The minimum absolute atomic E-state index is 0.102. The maximum absolute atomic E-state index is 2.41. The van der Waals surface area contributed by atoms with Crippen molar-refractivity contribution in [2.45, 2.75) is 45.4 Å². The summed E-state index contributed by atoms with van der Waals surface area (Å²) in [5, 5.41) is 0. The molecule has 2 aliphatic carbocycles. The van der Waals surface area contributed by atoms with E-state index < -0.39 is 0 Å². The highest BCUT2D eigenvalue weighted by atomic mass is 14.4. The lowest BCUT2D eigenvalue weighted by molar-refractivity contribution is 0.659. The quantitative estimate of drug-likeness (QED) is 0.611. The average molecular weight is 300 g/mol. The van der Waals surface area contributed by atoms with Gasteiger partial charge in [0.2, 0.25) is 0 Å². The highest BCUT2D eigenvalue weighted by molar-refractivity contribution is 5.85. The van der Waals surface area contributed by atoms with Crippen molar-refractivity contribution >= 4 is 5.57 Å². The van der Waals surface area contributed by atoms with Gasteiger partial charge < -0.3 is 0 Å². The van der Waals surface area contributed by atoms with E-state index in [4.69, 9.17) is 0 Å². The predicted molar refractivity (Wildman–Crippen MR) is 99.7 cm³/mol. The molecule has 0 atom stereocenters. The zero-order valence-electron chi connectivity index (χ0n) is 14.3. The molecule has 0 fully saturated rings. The summed E-state index contributed by atoms with van der Waals surface area (Å²) in [6.45, 7) is 6.95. The van der Waals surface area contributed by atoms with Crippen LogP contribution in [0.3, 0.4) is 0 Å². The van der Waals surface area contributed by atoms with Crippen molar-refractivity contribution in [2.75, 3.05) is 0 Å². The summed E-state index contributed by atoms with van der Waals surface area (Å²) in [6, 6.07) is 14.1. The number of benzene rings is 2. The molecule has 0 nitrogen and oxygen atoms in total. The molecule has 0 aromatic heterocycles. The van der Waals surface area contributed by atoms with Crippen LogP contribution in [0.15, 0.2) is 54.6 Å². The van der Waals surface area contributed by atoms with Gasteiger partial charge in [-0.1, -0.05) is 69.3 Å². The van der Waals surface area contributed by atoms with E-state index in [0.29, 0.717) is 0 Å². The zero-order valence-corrected chi connectivity index (χ0v) is 14.3. The van der Waals surface area contributed by atoms with Crippen LogP contribution in [0.4, 0.5) is 0 Å². The number of allylic oxidation sites excluding steroid dienone is 4. The van der Waals surface area contributed by atoms with Crippen molar-refractivity contribution < 1.29 is 0 Å². The van der Waals surface area contributed by atoms with Crippen molar-refractivity contribution in [3.8, 4) is 11.1 Å². The molecular weight excluding hydrogens is 276 g/mol. The molecule has 0 heteroatoms. The molecule has 4 rings (SSSR count). The summed E-state index contributed by atoms with van der Waals surface area (Å²) in [5.41, 5.74) is 10.0. The zero-order chi connectivity index (χ0) is 16.0. The van der Waals surface area contributed by atoms with Crippen LogP contribution in [-0.4, -0.2) is 0 Å². The first kappa shape index (κ1) is 14.5. The van der Waals surface area contributed by atoms with Crippen molar-refractivity contribution in [1.29, 1.82) is 0 Å². The number of hydrogen-bond acceptors (Lipinski definition) is 0. The number of aryl methyl sites for hydroxylation is 1. The van der Waals surface area contributed by atoms with E-state index in [0.717, 1.165) is 12.8 Å². The van der Waals surface area contributed by atoms with Crippen LogP contribution in [0.2, 0.25) is 0 Å². The fraction of sp³-hybridized carbons (Fsp3) is 0.304. The normalized spacial score (nSPS) is 17.6. The summed E-state index contributed by atoms with van der Waals surface area (Å²) in [6.07, 6.45) is 10.3.